The van der Waals surface area contributed by atoms with E-state index in [1.807, 2.05) is 0 Å². The quantitative estimate of drug-likeness (QED) is 0.671. The fourth-order valence-electron chi connectivity index (χ4n) is 4.04. The van der Waals surface area contributed by atoms with Crippen molar-refractivity contribution in [3.8, 4) is 5.75 Å². The van der Waals surface area contributed by atoms with E-state index in [-0.39, 0.29) is 23.8 Å². The summed E-state index contributed by atoms with van der Waals surface area (Å²) in [5.74, 6) is 0.0915. The van der Waals surface area contributed by atoms with Gasteiger partial charge in [0.25, 0.3) is 10.0 Å². The summed E-state index contributed by atoms with van der Waals surface area (Å²) >= 11 is 0. The zero-order valence-corrected chi connectivity index (χ0v) is 17.2. The molecule has 0 unspecified atom stereocenters. The molecule has 0 spiro atoms. The minimum atomic E-state index is -3.72. The Morgan fingerprint density at radius 3 is 2.70 bits per heavy atom. The molecule has 0 radical (unpaired) electrons. The lowest BCUT2D eigenvalue weighted by Crippen LogP contribution is -2.46. The Kier molecular flexibility index (Phi) is 5.68. The largest absolute Gasteiger partial charge is 0.487 e. The SMILES string of the molecule is COC(=O)C[C@@H]1C[C@H]2c3cc(NS(=O)(=O)c4ccccc4)ccc3O[C@H]2[C@@H](CO)O1. The maximum absolute atomic E-state index is 12.6. The third-order valence-corrected chi connectivity index (χ3v) is 6.82. The van der Waals surface area contributed by atoms with E-state index >= 15 is 0 Å². The Labute approximate surface area is 174 Å². The summed E-state index contributed by atoms with van der Waals surface area (Å²) < 4.78 is 44.4. The maximum Gasteiger partial charge on any atom is 0.308 e. The summed E-state index contributed by atoms with van der Waals surface area (Å²) in [5, 5.41) is 9.75. The van der Waals surface area contributed by atoms with Crippen LogP contribution in [0.2, 0.25) is 0 Å². The second-order valence-electron chi connectivity index (χ2n) is 7.36. The van der Waals surface area contributed by atoms with E-state index in [0.29, 0.717) is 17.9 Å². The molecule has 0 aliphatic carbocycles. The summed E-state index contributed by atoms with van der Waals surface area (Å²) in [5.41, 5.74) is 1.24. The van der Waals surface area contributed by atoms with Crippen molar-refractivity contribution in [1.29, 1.82) is 0 Å². The van der Waals surface area contributed by atoms with Crippen molar-refractivity contribution < 1.29 is 32.5 Å². The van der Waals surface area contributed by atoms with Crippen molar-refractivity contribution in [2.75, 3.05) is 18.4 Å². The normalized spacial score (nSPS) is 25.0. The highest BCUT2D eigenvalue weighted by Crippen LogP contribution is 2.47. The van der Waals surface area contributed by atoms with Gasteiger partial charge in [-0.1, -0.05) is 18.2 Å². The molecule has 4 rings (SSSR count). The monoisotopic (exact) mass is 433 g/mol. The van der Waals surface area contributed by atoms with Crippen LogP contribution in [0.15, 0.2) is 53.4 Å². The molecular weight excluding hydrogens is 410 g/mol. The number of hydrogen-bond acceptors (Lipinski definition) is 7. The summed E-state index contributed by atoms with van der Waals surface area (Å²) in [4.78, 5) is 11.9. The van der Waals surface area contributed by atoms with Crippen LogP contribution in [0.25, 0.3) is 0 Å². The van der Waals surface area contributed by atoms with E-state index in [1.54, 1.807) is 36.4 Å². The molecular formula is C21H23NO7S. The van der Waals surface area contributed by atoms with Gasteiger partial charge in [0.05, 0.1) is 31.1 Å². The first-order valence-electron chi connectivity index (χ1n) is 9.63. The van der Waals surface area contributed by atoms with Gasteiger partial charge in [-0.25, -0.2) is 8.42 Å². The molecule has 0 amide bonds. The number of carbonyl (C=O) groups is 1. The number of benzene rings is 2. The van der Waals surface area contributed by atoms with Gasteiger partial charge in [-0.3, -0.25) is 9.52 Å². The molecule has 9 heteroatoms. The Hall–Kier alpha value is -2.62. The Balaban J connectivity index is 1.59. The number of ether oxygens (including phenoxy) is 3. The van der Waals surface area contributed by atoms with Crippen LogP contribution in [0.3, 0.4) is 0 Å². The van der Waals surface area contributed by atoms with Crippen LogP contribution in [0.1, 0.15) is 24.3 Å². The lowest BCUT2D eigenvalue weighted by atomic mass is 9.84. The molecule has 2 aromatic rings. The van der Waals surface area contributed by atoms with E-state index in [4.69, 9.17) is 14.2 Å². The molecule has 0 aromatic heterocycles. The van der Waals surface area contributed by atoms with Crippen molar-refractivity contribution >= 4 is 21.7 Å². The van der Waals surface area contributed by atoms with Crippen molar-refractivity contribution in [2.24, 2.45) is 0 Å². The topological polar surface area (TPSA) is 111 Å². The van der Waals surface area contributed by atoms with Crippen LogP contribution in [0, 0.1) is 0 Å². The number of aliphatic hydroxyl groups excluding tert-OH is 1. The highest BCUT2D eigenvalue weighted by molar-refractivity contribution is 7.92. The number of hydrogen-bond donors (Lipinski definition) is 2. The van der Waals surface area contributed by atoms with E-state index < -0.39 is 34.3 Å². The second-order valence-corrected chi connectivity index (χ2v) is 9.04. The minimum Gasteiger partial charge on any atom is -0.487 e. The average Bonchev–Trinajstić information content (AvgIpc) is 3.11. The molecule has 30 heavy (non-hydrogen) atoms. The number of fused-ring (bicyclic) bond motifs is 3. The van der Waals surface area contributed by atoms with E-state index in [2.05, 4.69) is 4.72 Å². The molecule has 0 bridgehead atoms. The van der Waals surface area contributed by atoms with Gasteiger partial charge in [0.15, 0.2) is 0 Å². The van der Waals surface area contributed by atoms with Gasteiger partial charge >= 0.3 is 5.97 Å². The number of carbonyl (C=O) groups excluding carboxylic acids is 1. The molecule has 2 aromatic carbocycles. The van der Waals surface area contributed by atoms with Crippen LogP contribution in [-0.2, 0) is 24.3 Å². The predicted molar refractivity (Wildman–Crippen MR) is 108 cm³/mol. The zero-order chi connectivity index (χ0) is 21.3. The first-order valence-corrected chi connectivity index (χ1v) is 11.1. The van der Waals surface area contributed by atoms with Crippen LogP contribution in [-0.4, -0.2) is 51.5 Å². The fourth-order valence-corrected chi connectivity index (χ4v) is 5.11. The van der Waals surface area contributed by atoms with E-state index in [1.165, 1.54) is 19.2 Å². The number of nitrogens with one attached hydrogen (secondary N) is 1. The van der Waals surface area contributed by atoms with Crippen molar-refractivity contribution in [2.45, 2.75) is 42.0 Å². The van der Waals surface area contributed by atoms with E-state index in [0.717, 1.165) is 5.56 Å². The summed E-state index contributed by atoms with van der Waals surface area (Å²) in [7, 11) is -2.41. The van der Waals surface area contributed by atoms with Gasteiger partial charge in [-0.15, -0.1) is 0 Å². The first kappa shape index (κ1) is 20.6. The molecule has 2 heterocycles. The van der Waals surface area contributed by atoms with Gasteiger partial charge in [0.1, 0.15) is 18.0 Å². The predicted octanol–water partition coefficient (Wildman–Crippen LogP) is 2.04. The Morgan fingerprint density at radius 2 is 2.00 bits per heavy atom. The third-order valence-electron chi connectivity index (χ3n) is 5.43. The van der Waals surface area contributed by atoms with Gasteiger partial charge in [-0.2, -0.15) is 0 Å². The third kappa shape index (κ3) is 4.00. The number of aliphatic hydroxyl groups is 1. The number of methoxy groups -OCH3 is 1. The van der Waals surface area contributed by atoms with Crippen molar-refractivity contribution in [1.82, 2.24) is 0 Å². The molecule has 2 aliphatic rings. The molecule has 2 aliphatic heterocycles. The number of esters is 1. The molecule has 8 nitrogen and oxygen atoms in total. The van der Waals surface area contributed by atoms with Gasteiger partial charge in [-0.05, 0) is 36.8 Å². The second kappa shape index (κ2) is 8.25. The number of anilines is 1. The average molecular weight is 433 g/mol. The Bertz CT molecular complexity index is 1020. The van der Waals surface area contributed by atoms with E-state index in [9.17, 15) is 18.3 Å². The summed E-state index contributed by atoms with van der Waals surface area (Å²) in [6.07, 6.45) is -0.838. The fraction of sp³-hybridized carbons (Fsp3) is 0.381. The summed E-state index contributed by atoms with van der Waals surface area (Å²) in [6.45, 7) is -0.250. The molecule has 4 atom stereocenters. The van der Waals surface area contributed by atoms with Crippen molar-refractivity contribution in [3.63, 3.8) is 0 Å². The van der Waals surface area contributed by atoms with Crippen LogP contribution < -0.4 is 9.46 Å². The molecule has 1 fully saturated rings. The standard InChI is InChI=1S/C21H23NO7S/c1-27-20(24)11-14-10-17-16-9-13(22-30(25,26)15-5-3-2-4-6-15)7-8-18(16)29-21(17)19(12-23)28-14/h2-9,14,17,19,21-23H,10-12H2,1H3/t14-,17-,19+,21+/m0/s1. The maximum atomic E-state index is 12.6. The van der Waals surface area contributed by atoms with Crippen molar-refractivity contribution in [3.05, 3.63) is 54.1 Å². The van der Waals surface area contributed by atoms with Crippen LogP contribution >= 0.6 is 0 Å². The van der Waals surface area contributed by atoms with Gasteiger partial charge < -0.3 is 19.3 Å². The molecule has 160 valence electrons. The van der Waals surface area contributed by atoms with Crippen LogP contribution in [0.4, 0.5) is 5.69 Å². The lowest BCUT2D eigenvalue weighted by Gasteiger charge is -2.36. The van der Waals surface area contributed by atoms with Gasteiger partial charge in [0.2, 0.25) is 0 Å². The van der Waals surface area contributed by atoms with Crippen LogP contribution in [0.5, 0.6) is 5.75 Å². The number of sulfonamides is 1. The lowest BCUT2D eigenvalue weighted by molar-refractivity contribution is -0.156. The zero-order valence-electron chi connectivity index (χ0n) is 16.4. The highest BCUT2D eigenvalue weighted by Gasteiger charge is 2.46. The van der Waals surface area contributed by atoms with Gasteiger partial charge in [0, 0.05) is 17.2 Å². The minimum absolute atomic E-state index is 0.0753. The molecule has 2 N–H and O–H groups in total. The first-order chi connectivity index (χ1) is 14.4. The molecule has 1 saturated heterocycles. The smallest absolute Gasteiger partial charge is 0.308 e. The summed E-state index contributed by atoms with van der Waals surface area (Å²) in [6, 6.07) is 13.2. The molecule has 0 saturated carbocycles. The number of rotatable bonds is 6. The highest BCUT2D eigenvalue weighted by atomic mass is 32.2. The Morgan fingerprint density at radius 1 is 1.23 bits per heavy atom.